The van der Waals surface area contributed by atoms with Gasteiger partial charge in [0.05, 0.1) is 0 Å². The first-order valence-electron chi connectivity index (χ1n) is 5.30. The van der Waals surface area contributed by atoms with Crippen LogP contribution in [-0.4, -0.2) is 31.1 Å². The monoisotopic (exact) mass is 210 g/mol. The van der Waals surface area contributed by atoms with Crippen molar-refractivity contribution in [3.05, 3.63) is 22.4 Å². The number of nitrogens with zero attached hydrogens (tertiary/aromatic N) is 1. The number of rotatable bonds is 6. The lowest BCUT2D eigenvalue weighted by atomic mass is 10.3. The summed E-state index contributed by atoms with van der Waals surface area (Å²) in [6, 6.07) is 3.10. The Balaban J connectivity index is 1.84. The van der Waals surface area contributed by atoms with Gasteiger partial charge in [-0.2, -0.15) is 11.3 Å². The molecule has 1 aliphatic rings. The fraction of sp³-hybridized carbons (Fsp3) is 0.636. The van der Waals surface area contributed by atoms with E-state index in [-0.39, 0.29) is 0 Å². The molecule has 1 saturated carbocycles. The highest BCUT2D eigenvalue weighted by molar-refractivity contribution is 7.07. The Kier molecular flexibility index (Phi) is 3.56. The van der Waals surface area contributed by atoms with Gasteiger partial charge in [-0.25, -0.2) is 0 Å². The van der Waals surface area contributed by atoms with Gasteiger partial charge in [-0.1, -0.05) is 0 Å². The summed E-state index contributed by atoms with van der Waals surface area (Å²) in [5.74, 6) is 0. The van der Waals surface area contributed by atoms with Gasteiger partial charge in [0.1, 0.15) is 0 Å². The van der Waals surface area contributed by atoms with Crippen LogP contribution >= 0.6 is 11.3 Å². The molecule has 0 atom stereocenters. The lowest BCUT2D eigenvalue weighted by Crippen LogP contribution is -2.32. The van der Waals surface area contributed by atoms with Crippen molar-refractivity contribution in [1.29, 1.82) is 0 Å². The summed E-state index contributed by atoms with van der Waals surface area (Å²) in [7, 11) is 2.02. The normalized spacial score (nSPS) is 16.4. The zero-order valence-corrected chi connectivity index (χ0v) is 9.52. The Morgan fingerprint density at radius 3 is 3.00 bits per heavy atom. The van der Waals surface area contributed by atoms with E-state index in [0.717, 1.165) is 19.1 Å². The highest BCUT2D eigenvalue weighted by Gasteiger charge is 2.28. The molecule has 78 valence electrons. The van der Waals surface area contributed by atoms with E-state index in [1.807, 2.05) is 7.05 Å². The van der Waals surface area contributed by atoms with E-state index in [4.69, 9.17) is 0 Å². The summed E-state index contributed by atoms with van der Waals surface area (Å²) in [5, 5.41) is 7.65. The zero-order valence-electron chi connectivity index (χ0n) is 8.70. The van der Waals surface area contributed by atoms with Crippen LogP contribution in [0.5, 0.6) is 0 Å². The summed E-state index contributed by atoms with van der Waals surface area (Å²) >= 11 is 1.80. The number of likely N-dealkylation sites (N-methyl/N-ethyl adjacent to an activating group) is 1. The SMILES string of the molecule is CNCCN(Cc1ccsc1)C1CC1. The maximum Gasteiger partial charge on any atom is 0.0245 e. The lowest BCUT2D eigenvalue weighted by Gasteiger charge is -2.21. The zero-order chi connectivity index (χ0) is 9.80. The van der Waals surface area contributed by atoms with Crippen molar-refractivity contribution in [1.82, 2.24) is 10.2 Å². The van der Waals surface area contributed by atoms with Crippen LogP contribution in [-0.2, 0) is 6.54 Å². The predicted octanol–water partition coefficient (Wildman–Crippen LogP) is 1.93. The summed E-state index contributed by atoms with van der Waals surface area (Å²) < 4.78 is 0. The van der Waals surface area contributed by atoms with Gasteiger partial charge in [-0.05, 0) is 42.3 Å². The molecule has 0 unspecified atom stereocenters. The summed E-state index contributed by atoms with van der Waals surface area (Å²) in [5.41, 5.74) is 1.47. The van der Waals surface area contributed by atoms with Crippen molar-refractivity contribution in [2.75, 3.05) is 20.1 Å². The van der Waals surface area contributed by atoms with Gasteiger partial charge in [-0.15, -0.1) is 0 Å². The molecule has 2 rings (SSSR count). The second-order valence-electron chi connectivity index (χ2n) is 3.94. The smallest absolute Gasteiger partial charge is 0.0245 e. The number of nitrogens with one attached hydrogen (secondary N) is 1. The molecule has 14 heavy (non-hydrogen) atoms. The van der Waals surface area contributed by atoms with Crippen LogP contribution in [0.2, 0.25) is 0 Å². The Labute approximate surface area is 89.9 Å². The minimum absolute atomic E-state index is 0.864. The molecule has 1 heterocycles. The molecular weight excluding hydrogens is 192 g/mol. The van der Waals surface area contributed by atoms with Crippen LogP contribution in [0, 0.1) is 0 Å². The van der Waals surface area contributed by atoms with Crippen molar-refractivity contribution >= 4 is 11.3 Å². The lowest BCUT2D eigenvalue weighted by molar-refractivity contribution is 0.257. The van der Waals surface area contributed by atoms with Gasteiger partial charge in [0.15, 0.2) is 0 Å². The van der Waals surface area contributed by atoms with Crippen LogP contribution in [0.25, 0.3) is 0 Å². The Morgan fingerprint density at radius 1 is 1.57 bits per heavy atom. The fourth-order valence-electron chi connectivity index (χ4n) is 1.70. The Hall–Kier alpha value is -0.380. The van der Waals surface area contributed by atoms with Crippen LogP contribution in [0.3, 0.4) is 0 Å². The average molecular weight is 210 g/mol. The first-order chi connectivity index (χ1) is 6.90. The number of hydrogen-bond acceptors (Lipinski definition) is 3. The van der Waals surface area contributed by atoms with Crippen molar-refractivity contribution in [3.8, 4) is 0 Å². The van der Waals surface area contributed by atoms with E-state index >= 15 is 0 Å². The first kappa shape index (κ1) is 10.1. The van der Waals surface area contributed by atoms with Crippen molar-refractivity contribution in [2.24, 2.45) is 0 Å². The summed E-state index contributed by atoms with van der Waals surface area (Å²) in [6.45, 7) is 3.41. The molecule has 0 spiro atoms. The summed E-state index contributed by atoms with van der Waals surface area (Å²) in [4.78, 5) is 2.60. The first-order valence-corrected chi connectivity index (χ1v) is 6.24. The molecule has 1 aromatic heterocycles. The molecule has 0 amide bonds. The van der Waals surface area contributed by atoms with Crippen molar-refractivity contribution < 1.29 is 0 Å². The molecule has 0 aromatic carbocycles. The van der Waals surface area contributed by atoms with Gasteiger partial charge in [-0.3, -0.25) is 4.90 Å². The van der Waals surface area contributed by atoms with Gasteiger partial charge < -0.3 is 5.32 Å². The molecule has 1 N–H and O–H groups in total. The highest BCUT2D eigenvalue weighted by atomic mass is 32.1. The molecule has 1 aliphatic carbocycles. The second-order valence-corrected chi connectivity index (χ2v) is 4.72. The molecule has 1 aromatic rings. The molecule has 0 radical (unpaired) electrons. The third-order valence-corrected chi connectivity index (χ3v) is 3.41. The topological polar surface area (TPSA) is 15.3 Å². The summed E-state index contributed by atoms with van der Waals surface area (Å²) in [6.07, 6.45) is 2.79. The van der Waals surface area contributed by atoms with E-state index in [1.54, 1.807) is 11.3 Å². The van der Waals surface area contributed by atoms with E-state index < -0.39 is 0 Å². The van der Waals surface area contributed by atoms with E-state index in [1.165, 1.54) is 24.9 Å². The van der Waals surface area contributed by atoms with Crippen molar-refractivity contribution in [2.45, 2.75) is 25.4 Å². The van der Waals surface area contributed by atoms with Crippen LogP contribution < -0.4 is 5.32 Å². The quantitative estimate of drug-likeness (QED) is 0.772. The molecular formula is C11H18N2S. The number of hydrogen-bond donors (Lipinski definition) is 1. The average Bonchev–Trinajstić information content (AvgIpc) is 2.92. The Morgan fingerprint density at radius 2 is 2.43 bits per heavy atom. The molecule has 2 nitrogen and oxygen atoms in total. The van der Waals surface area contributed by atoms with Crippen LogP contribution in [0.4, 0.5) is 0 Å². The molecule has 0 bridgehead atoms. The largest absolute Gasteiger partial charge is 0.318 e. The molecule has 1 fully saturated rings. The fourth-order valence-corrected chi connectivity index (χ4v) is 2.36. The maximum atomic E-state index is 3.22. The number of thiophene rings is 1. The van der Waals surface area contributed by atoms with Gasteiger partial charge in [0.25, 0.3) is 0 Å². The van der Waals surface area contributed by atoms with E-state index in [0.29, 0.717) is 0 Å². The van der Waals surface area contributed by atoms with E-state index in [9.17, 15) is 0 Å². The van der Waals surface area contributed by atoms with Crippen LogP contribution in [0.1, 0.15) is 18.4 Å². The third-order valence-electron chi connectivity index (χ3n) is 2.68. The molecule has 0 saturated heterocycles. The standard InChI is InChI=1S/C11H18N2S/c1-12-5-6-13(11-2-3-11)8-10-4-7-14-9-10/h4,7,9,11-12H,2-3,5-6,8H2,1H3. The molecule has 0 aliphatic heterocycles. The predicted molar refractivity (Wildman–Crippen MR) is 61.7 cm³/mol. The van der Waals surface area contributed by atoms with Gasteiger partial charge >= 0.3 is 0 Å². The Bertz CT molecular complexity index is 254. The minimum atomic E-state index is 0.864. The molecule has 3 heteroatoms. The van der Waals surface area contributed by atoms with Gasteiger partial charge in [0.2, 0.25) is 0 Å². The third kappa shape index (κ3) is 2.80. The second kappa shape index (κ2) is 4.91. The van der Waals surface area contributed by atoms with Crippen LogP contribution in [0.15, 0.2) is 16.8 Å². The maximum absolute atomic E-state index is 3.22. The highest BCUT2D eigenvalue weighted by Crippen LogP contribution is 2.28. The van der Waals surface area contributed by atoms with Gasteiger partial charge in [0, 0.05) is 25.7 Å². The van der Waals surface area contributed by atoms with E-state index in [2.05, 4.69) is 27.0 Å². The minimum Gasteiger partial charge on any atom is -0.318 e. The van der Waals surface area contributed by atoms with Crippen molar-refractivity contribution in [3.63, 3.8) is 0 Å².